The van der Waals surface area contributed by atoms with E-state index in [-0.39, 0.29) is 0 Å². The first-order chi connectivity index (χ1) is 13.8. The topological polar surface area (TPSA) is 85.8 Å². The molecule has 0 aliphatic carbocycles. The standard InChI is InChI=1S/C20H21N7O/c1-14-17-19(23-13-24-20(17)28-25-14)26-8-3-5-16(12-26)18-22-7-9-27(18)11-15-4-2-6-21-10-15/h2,4,6-7,9-10,13,16H,3,5,8,11-12H2,1H3. The van der Waals surface area contributed by atoms with Gasteiger partial charge in [-0.05, 0) is 31.4 Å². The first kappa shape index (κ1) is 16.9. The summed E-state index contributed by atoms with van der Waals surface area (Å²) in [6.07, 6.45) is 11.4. The maximum atomic E-state index is 5.31. The van der Waals surface area contributed by atoms with Crippen molar-refractivity contribution >= 4 is 16.9 Å². The molecule has 1 atom stereocenters. The number of aryl methyl sites for hydroxylation is 1. The van der Waals surface area contributed by atoms with Crippen molar-refractivity contribution in [3.63, 3.8) is 0 Å². The largest absolute Gasteiger partial charge is 0.355 e. The Morgan fingerprint density at radius 1 is 1.21 bits per heavy atom. The van der Waals surface area contributed by atoms with Gasteiger partial charge in [0.2, 0.25) is 0 Å². The lowest BCUT2D eigenvalue weighted by molar-refractivity contribution is 0.442. The predicted octanol–water partition coefficient (Wildman–Crippen LogP) is 2.95. The van der Waals surface area contributed by atoms with Crippen LogP contribution in [-0.2, 0) is 6.54 Å². The van der Waals surface area contributed by atoms with Crippen molar-refractivity contribution in [2.75, 3.05) is 18.0 Å². The van der Waals surface area contributed by atoms with Crippen LogP contribution in [-0.4, -0.2) is 42.7 Å². The van der Waals surface area contributed by atoms with Crippen LogP contribution in [0.15, 0.2) is 47.8 Å². The molecule has 1 aliphatic rings. The minimum Gasteiger partial charge on any atom is -0.355 e. The van der Waals surface area contributed by atoms with E-state index in [2.05, 4.69) is 40.6 Å². The molecule has 5 heterocycles. The molecule has 1 saturated heterocycles. The fourth-order valence-electron chi connectivity index (χ4n) is 4.03. The van der Waals surface area contributed by atoms with Gasteiger partial charge in [-0.3, -0.25) is 4.98 Å². The molecular weight excluding hydrogens is 354 g/mol. The van der Waals surface area contributed by atoms with Gasteiger partial charge in [0.25, 0.3) is 5.71 Å². The van der Waals surface area contributed by atoms with E-state index in [1.165, 1.54) is 5.56 Å². The molecule has 4 aromatic heterocycles. The number of pyridine rings is 1. The molecule has 0 aromatic carbocycles. The summed E-state index contributed by atoms with van der Waals surface area (Å²) in [5.74, 6) is 2.35. The zero-order valence-electron chi connectivity index (χ0n) is 15.7. The van der Waals surface area contributed by atoms with E-state index >= 15 is 0 Å². The van der Waals surface area contributed by atoms with E-state index in [9.17, 15) is 0 Å². The SMILES string of the molecule is Cc1noc2ncnc(N3CCCC(c4nccn4Cc4cccnc4)C3)c12. The van der Waals surface area contributed by atoms with Crippen LogP contribution in [0.5, 0.6) is 0 Å². The number of piperidine rings is 1. The number of aromatic nitrogens is 6. The van der Waals surface area contributed by atoms with E-state index < -0.39 is 0 Å². The molecule has 142 valence electrons. The van der Waals surface area contributed by atoms with Gasteiger partial charge in [-0.25, -0.2) is 9.97 Å². The monoisotopic (exact) mass is 375 g/mol. The Bertz CT molecular complexity index is 1090. The minimum absolute atomic E-state index is 0.339. The van der Waals surface area contributed by atoms with Crippen molar-refractivity contribution < 1.29 is 4.52 Å². The average molecular weight is 375 g/mol. The van der Waals surface area contributed by atoms with E-state index in [0.717, 1.165) is 55.2 Å². The van der Waals surface area contributed by atoms with Crippen LogP contribution in [0.2, 0.25) is 0 Å². The van der Waals surface area contributed by atoms with Crippen LogP contribution in [0.1, 0.15) is 35.8 Å². The van der Waals surface area contributed by atoms with E-state index in [0.29, 0.717) is 11.6 Å². The Kier molecular flexibility index (Phi) is 4.23. The normalized spacial score (nSPS) is 17.3. The summed E-state index contributed by atoms with van der Waals surface area (Å²) in [5, 5.41) is 4.96. The Morgan fingerprint density at radius 2 is 2.18 bits per heavy atom. The highest BCUT2D eigenvalue weighted by atomic mass is 16.5. The molecule has 1 aliphatic heterocycles. The van der Waals surface area contributed by atoms with Crippen LogP contribution in [0.3, 0.4) is 0 Å². The van der Waals surface area contributed by atoms with Crippen molar-refractivity contribution in [1.82, 2.24) is 29.7 Å². The van der Waals surface area contributed by atoms with Gasteiger partial charge in [-0.2, -0.15) is 4.98 Å². The molecule has 4 aromatic rings. The predicted molar refractivity (Wildman–Crippen MR) is 104 cm³/mol. The lowest BCUT2D eigenvalue weighted by atomic mass is 9.96. The number of nitrogens with zero attached hydrogens (tertiary/aromatic N) is 7. The minimum atomic E-state index is 0.339. The van der Waals surface area contributed by atoms with Crippen molar-refractivity contribution in [3.8, 4) is 0 Å². The molecule has 8 nitrogen and oxygen atoms in total. The molecule has 0 saturated carbocycles. The zero-order chi connectivity index (χ0) is 18.9. The van der Waals surface area contributed by atoms with Crippen molar-refractivity contribution in [2.24, 2.45) is 0 Å². The number of fused-ring (bicyclic) bond motifs is 1. The number of rotatable bonds is 4. The molecule has 0 amide bonds. The molecule has 0 N–H and O–H groups in total. The second kappa shape index (κ2) is 7.03. The Labute approximate surface area is 162 Å². The van der Waals surface area contributed by atoms with Gasteiger partial charge in [0.15, 0.2) is 0 Å². The van der Waals surface area contributed by atoms with Gasteiger partial charge in [0.1, 0.15) is 23.4 Å². The summed E-state index contributed by atoms with van der Waals surface area (Å²) in [7, 11) is 0. The lowest BCUT2D eigenvalue weighted by Crippen LogP contribution is -2.36. The number of hydrogen-bond donors (Lipinski definition) is 0. The molecule has 5 rings (SSSR count). The van der Waals surface area contributed by atoms with Gasteiger partial charge in [0.05, 0.1) is 12.2 Å². The van der Waals surface area contributed by atoms with Crippen LogP contribution in [0, 0.1) is 6.92 Å². The highest BCUT2D eigenvalue weighted by Crippen LogP contribution is 2.32. The van der Waals surface area contributed by atoms with Gasteiger partial charge in [-0.15, -0.1) is 0 Å². The molecule has 0 spiro atoms. The van der Waals surface area contributed by atoms with Crippen molar-refractivity contribution in [1.29, 1.82) is 0 Å². The Balaban J connectivity index is 1.42. The third kappa shape index (κ3) is 3.00. The molecule has 0 radical (unpaired) electrons. The van der Waals surface area contributed by atoms with Crippen molar-refractivity contribution in [2.45, 2.75) is 32.2 Å². The summed E-state index contributed by atoms with van der Waals surface area (Å²) in [6.45, 7) is 4.53. The van der Waals surface area contributed by atoms with Gasteiger partial charge < -0.3 is 14.0 Å². The third-order valence-electron chi connectivity index (χ3n) is 5.33. The first-order valence-corrected chi connectivity index (χ1v) is 9.51. The van der Waals surface area contributed by atoms with Gasteiger partial charge >= 0.3 is 0 Å². The number of imidazole rings is 1. The van der Waals surface area contributed by atoms with Crippen molar-refractivity contribution in [3.05, 3.63) is 60.3 Å². The second-order valence-corrected chi connectivity index (χ2v) is 7.21. The van der Waals surface area contributed by atoms with Crippen LogP contribution < -0.4 is 4.90 Å². The molecule has 28 heavy (non-hydrogen) atoms. The van der Waals surface area contributed by atoms with Crippen LogP contribution in [0.4, 0.5) is 5.82 Å². The average Bonchev–Trinajstić information content (AvgIpc) is 3.36. The lowest BCUT2D eigenvalue weighted by Gasteiger charge is -2.33. The molecular formula is C20H21N7O. The van der Waals surface area contributed by atoms with E-state index in [1.54, 1.807) is 12.5 Å². The third-order valence-corrected chi connectivity index (χ3v) is 5.33. The quantitative estimate of drug-likeness (QED) is 0.542. The van der Waals surface area contributed by atoms with E-state index in [1.807, 2.05) is 31.6 Å². The Hall–Kier alpha value is -3.29. The molecule has 1 unspecified atom stereocenters. The smallest absolute Gasteiger partial charge is 0.263 e. The molecule has 1 fully saturated rings. The van der Waals surface area contributed by atoms with Gasteiger partial charge in [-0.1, -0.05) is 11.2 Å². The Morgan fingerprint density at radius 3 is 3.07 bits per heavy atom. The maximum absolute atomic E-state index is 5.31. The second-order valence-electron chi connectivity index (χ2n) is 7.21. The van der Waals surface area contributed by atoms with Gasteiger partial charge in [0, 0.05) is 43.8 Å². The highest BCUT2D eigenvalue weighted by molar-refractivity contribution is 5.87. The van der Waals surface area contributed by atoms with Crippen LogP contribution in [0.25, 0.3) is 11.1 Å². The van der Waals surface area contributed by atoms with Crippen LogP contribution >= 0.6 is 0 Å². The number of anilines is 1. The summed E-state index contributed by atoms with van der Waals surface area (Å²) < 4.78 is 7.54. The fourth-order valence-corrected chi connectivity index (χ4v) is 4.03. The molecule has 8 heteroatoms. The zero-order valence-corrected chi connectivity index (χ0v) is 15.7. The number of hydrogen-bond acceptors (Lipinski definition) is 7. The highest BCUT2D eigenvalue weighted by Gasteiger charge is 2.27. The summed E-state index contributed by atoms with van der Waals surface area (Å²) in [6, 6.07) is 4.06. The first-order valence-electron chi connectivity index (χ1n) is 9.51. The summed E-state index contributed by atoms with van der Waals surface area (Å²) >= 11 is 0. The summed E-state index contributed by atoms with van der Waals surface area (Å²) in [5.41, 5.74) is 2.54. The van der Waals surface area contributed by atoms with E-state index in [4.69, 9.17) is 4.52 Å². The molecule has 0 bridgehead atoms. The fraction of sp³-hybridized carbons (Fsp3) is 0.350. The maximum Gasteiger partial charge on any atom is 0.263 e. The summed E-state index contributed by atoms with van der Waals surface area (Å²) in [4.78, 5) is 20.0.